The van der Waals surface area contributed by atoms with Gasteiger partial charge in [0.2, 0.25) is 0 Å². The first-order valence-electron chi connectivity index (χ1n) is 6.51. The Kier molecular flexibility index (Phi) is 10.6. The van der Waals surface area contributed by atoms with Crippen molar-refractivity contribution in [3.05, 3.63) is 0 Å². The third-order valence-corrected chi connectivity index (χ3v) is 3.11. The van der Waals surface area contributed by atoms with E-state index >= 15 is 0 Å². The maximum atomic E-state index is 3.48. The van der Waals surface area contributed by atoms with Crippen molar-refractivity contribution in [2.24, 2.45) is 0 Å². The highest BCUT2D eigenvalue weighted by Crippen LogP contribution is 2.03. The third-order valence-electron chi connectivity index (χ3n) is 2.41. The molecule has 98 valence electrons. The maximum Gasteiger partial charge on any atom is 0.00970 e. The monoisotopic (exact) mass is 246 g/mol. The first-order valence-corrected chi connectivity index (χ1v) is 7.90. The summed E-state index contributed by atoms with van der Waals surface area (Å²) in [7, 11) is 0. The summed E-state index contributed by atoms with van der Waals surface area (Å²) in [6.07, 6.45) is 7.66. The van der Waals surface area contributed by atoms with Crippen molar-refractivity contribution >= 4 is 11.8 Å². The van der Waals surface area contributed by atoms with E-state index in [2.05, 4.69) is 37.7 Å². The highest BCUT2D eigenvalue weighted by Gasteiger charge is 2.06. The van der Waals surface area contributed by atoms with E-state index in [4.69, 9.17) is 0 Å². The van der Waals surface area contributed by atoms with Gasteiger partial charge < -0.3 is 10.6 Å². The molecule has 0 unspecified atom stereocenters. The Bertz CT molecular complexity index is 143. The molecule has 0 atom stereocenters. The fourth-order valence-corrected chi connectivity index (χ4v) is 1.99. The van der Waals surface area contributed by atoms with Gasteiger partial charge in [-0.05, 0) is 52.2 Å². The first kappa shape index (κ1) is 16.3. The molecule has 0 aromatic rings. The van der Waals surface area contributed by atoms with Crippen molar-refractivity contribution in [3.8, 4) is 0 Å². The van der Waals surface area contributed by atoms with E-state index in [9.17, 15) is 0 Å². The van der Waals surface area contributed by atoms with Crippen molar-refractivity contribution < 1.29 is 0 Å². The average molecular weight is 246 g/mol. The third kappa shape index (κ3) is 14.3. The zero-order valence-electron chi connectivity index (χ0n) is 11.6. The van der Waals surface area contributed by atoms with Gasteiger partial charge in [0.05, 0.1) is 0 Å². The fourth-order valence-electron chi connectivity index (χ4n) is 1.50. The van der Waals surface area contributed by atoms with Crippen LogP contribution in [0.5, 0.6) is 0 Å². The molecule has 0 amide bonds. The van der Waals surface area contributed by atoms with Gasteiger partial charge in [0.25, 0.3) is 0 Å². The van der Waals surface area contributed by atoms with E-state index in [1.807, 2.05) is 11.8 Å². The average Bonchev–Trinajstić information content (AvgIpc) is 2.19. The standard InChI is InChI=1S/C13H30N2S/c1-13(2,3)15-11-10-14-9-7-5-6-8-12-16-4/h14-15H,5-12H2,1-4H3. The highest BCUT2D eigenvalue weighted by atomic mass is 32.2. The van der Waals surface area contributed by atoms with Crippen molar-refractivity contribution in [1.29, 1.82) is 0 Å². The Hall–Kier alpha value is 0.270. The second kappa shape index (κ2) is 10.4. The fraction of sp³-hybridized carbons (Fsp3) is 1.00. The Morgan fingerprint density at radius 1 is 0.875 bits per heavy atom. The molecule has 0 spiro atoms. The van der Waals surface area contributed by atoms with Gasteiger partial charge in [-0.25, -0.2) is 0 Å². The van der Waals surface area contributed by atoms with E-state index in [-0.39, 0.29) is 5.54 Å². The lowest BCUT2D eigenvalue weighted by atomic mass is 10.1. The zero-order chi connectivity index (χ0) is 12.3. The molecule has 0 aromatic carbocycles. The molecular formula is C13H30N2S. The Balaban J connectivity index is 2.99. The summed E-state index contributed by atoms with van der Waals surface area (Å²) >= 11 is 1.95. The first-order chi connectivity index (χ1) is 7.56. The Labute approximate surface area is 106 Å². The normalized spacial score (nSPS) is 12.0. The van der Waals surface area contributed by atoms with Crippen LogP contribution in [-0.4, -0.2) is 37.2 Å². The van der Waals surface area contributed by atoms with Crippen LogP contribution in [0.2, 0.25) is 0 Å². The molecule has 0 fully saturated rings. The van der Waals surface area contributed by atoms with Gasteiger partial charge in [-0.1, -0.05) is 12.8 Å². The summed E-state index contributed by atoms with van der Waals surface area (Å²) in [6.45, 7) is 9.94. The summed E-state index contributed by atoms with van der Waals surface area (Å²) in [5, 5.41) is 6.96. The molecule has 0 radical (unpaired) electrons. The summed E-state index contributed by atoms with van der Waals surface area (Å²) < 4.78 is 0. The lowest BCUT2D eigenvalue weighted by Crippen LogP contribution is -2.40. The number of hydrogen-bond acceptors (Lipinski definition) is 3. The lowest BCUT2D eigenvalue weighted by molar-refractivity contribution is 0.420. The summed E-state index contributed by atoms with van der Waals surface area (Å²) in [6, 6.07) is 0. The summed E-state index contributed by atoms with van der Waals surface area (Å²) in [5.74, 6) is 1.32. The molecule has 0 bridgehead atoms. The van der Waals surface area contributed by atoms with Gasteiger partial charge in [-0.3, -0.25) is 0 Å². The summed E-state index contributed by atoms with van der Waals surface area (Å²) in [4.78, 5) is 0. The van der Waals surface area contributed by atoms with Crippen LogP contribution in [0.4, 0.5) is 0 Å². The Morgan fingerprint density at radius 3 is 2.19 bits per heavy atom. The minimum absolute atomic E-state index is 0.250. The van der Waals surface area contributed by atoms with Gasteiger partial charge in [0.1, 0.15) is 0 Å². The van der Waals surface area contributed by atoms with Crippen LogP contribution in [0.3, 0.4) is 0 Å². The molecule has 0 aliphatic heterocycles. The van der Waals surface area contributed by atoms with E-state index in [1.54, 1.807) is 0 Å². The molecule has 2 N–H and O–H groups in total. The molecule has 16 heavy (non-hydrogen) atoms. The van der Waals surface area contributed by atoms with Crippen LogP contribution in [-0.2, 0) is 0 Å². The lowest BCUT2D eigenvalue weighted by Gasteiger charge is -2.20. The number of rotatable bonds is 10. The molecule has 0 rings (SSSR count). The van der Waals surface area contributed by atoms with Gasteiger partial charge >= 0.3 is 0 Å². The summed E-state index contributed by atoms with van der Waals surface area (Å²) in [5.41, 5.74) is 0.250. The molecule has 2 nitrogen and oxygen atoms in total. The van der Waals surface area contributed by atoms with Crippen molar-refractivity contribution in [3.63, 3.8) is 0 Å². The molecule has 3 heteroatoms. The molecular weight excluding hydrogens is 216 g/mol. The second-order valence-electron chi connectivity index (χ2n) is 5.33. The van der Waals surface area contributed by atoms with E-state index in [0.717, 1.165) is 13.1 Å². The van der Waals surface area contributed by atoms with Crippen molar-refractivity contribution in [1.82, 2.24) is 10.6 Å². The van der Waals surface area contributed by atoms with E-state index in [0.29, 0.717) is 0 Å². The number of thioether (sulfide) groups is 1. The van der Waals surface area contributed by atoms with Crippen LogP contribution >= 0.6 is 11.8 Å². The van der Waals surface area contributed by atoms with E-state index < -0.39 is 0 Å². The topological polar surface area (TPSA) is 24.1 Å². The molecule has 0 saturated carbocycles. The highest BCUT2D eigenvalue weighted by molar-refractivity contribution is 7.98. The van der Waals surface area contributed by atoms with Gasteiger partial charge in [0.15, 0.2) is 0 Å². The van der Waals surface area contributed by atoms with Crippen LogP contribution in [0, 0.1) is 0 Å². The SMILES string of the molecule is CSCCCCCCNCCNC(C)(C)C. The maximum absolute atomic E-state index is 3.48. The van der Waals surface area contributed by atoms with Crippen LogP contribution in [0.25, 0.3) is 0 Å². The molecule has 0 heterocycles. The molecule has 0 aliphatic rings. The number of hydrogen-bond donors (Lipinski definition) is 2. The van der Waals surface area contributed by atoms with Crippen LogP contribution in [0.1, 0.15) is 46.5 Å². The minimum Gasteiger partial charge on any atom is -0.315 e. The van der Waals surface area contributed by atoms with Gasteiger partial charge in [-0.2, -0.15) is 11.8 Å². The smallest absolute Gasteiger partial charge is 0.00970 e. The number of unbranched alkanes of at least 4 members (excludes halogenated alkanes) is 3. The van der Waals surface area contributed by atoms with Crippen LogP contribution < -0.4 is 10.6 Å². The van der Waals surface area contributed by atoms with Crippen molar-refractivity contribution in [2.45, 2.75) is 52.0 Å². The Morgan fingerprint density at radius 2 is 1.56 bits per heavy atom. The quantitative estimate of drug-likeness (QED) is 0.580. The second-order valence-corrected chi connectivity index (χ2v) is 6.32. The predicted octanol–water partition coefficient (Wildman–Crippen LogP) is 2.89. The molecule has 0 saturated heterocycles. The largest absolute Gasteiger partial charge is 0.315 e. The zero-order valence-corrected chi connectivity index (χ0v) is 12.4. The van der Waals surface area contributed by atoms with Crippen LogP contribution in [0.15, 0.2) is 0 Å². The number of nitrogens with one attached hydrogen (secondary N) is 2. The van der Waals surface area contributed by atoms with Gasteiger partial charge in [-0.15, -0.1) is 0 Å². The predicted molar refractivity (Wildman–Crippen MR) is 77.5 cm³/mol. The van der Waals surface area contributed by atoms with Gasteiger partial charge in [0, 0.05) is 18.6 Å². The molecule has 0 aromatic heterocycles. The van der Waals surface area contributed by atoms with E-state index in [1.165, 1.54) is 38.0 Å². The molecule has 0 aliphatic carbocycles. The van der Waals surface area contributed by atoms with Crippen molar-refractivity contribution in [2.75, 3.05) is 31.6 Å². The minimum atomic E-state index is 0.250.